The SMILES string of the molecule is NCc1ccc(NC(=O)[C@H](O)[C@H]2OCCN(c3cccc(N4CCOCC4=O)c3)C2=O)cc1F. The molecule has 0 aliphatic carbocycles. The van der Waals surface area contributed by atoms with Crippen LogP contribution in [0.5, 0.6) is 0 Å². The van der Waals surface area contributed by atoms with Crippen LogP contribution in [0.25, 0.3) is 0 Å². The summed E-state index contributed by atoms with van der Waals surface area (Å²) in [6.07, 6.45) is -3.27. The van der Waals surface area contributed by atoms with Gasteiger partial charge in [0.25, 0.3) is 17.7 Å². The lowest BCUT2D eigenvalue weighted by Gasteiger charge is -2.35. The summed E-state index contributed by atoms with van der Waals surface area (Å²) < 4.78 is 24.5. The van der Waals surface area contributed by atoms with E-state index in [9.17, 15) is 23.9 Å². The first-order valence-corrected chi connectivity index (χ1v) is 10.8. The second kappa shape index (κ2) is 10.3. The second-order valence-electron chi connectivity index (χ2n) is 7.84. The highest BCUT2D eigenvalue weighted by atomic mass is 19.1. The molecule has 2 atom stereocenters. The number of rotatable bonds is 6. The van der Waals surface area contributed by atoms with Gasteiger partial charge in [-0.15, -0.1) is 0 Å². The first kappa shape index (κ1) is 23.8. The number of hydrogen-bond acceptors (Lipinski definition) is 7. The summed E-state index contributed by atoms with van der Waals surface area (Å²) in [4.78, 5) is 40.8. The molecule has 0 spiro atoms. The number of aliphatic hydroxyl groups excluding tert-OH is 1. The highest BCUT2D eigenvalue weighted by Crippen LogP contribution is 2.26. The van der Waals surface area contributed by atoms with Gasteiger partial charge in [-0.25, -0.2) is 4.39 Å². The van der Waals surface area contributed by atoms with Gasteiger partial charge in [0.05, 0.1) is 13.2 Å². The number of ether oxygens (including phenoxy) is 2. The Morgan fingerprint density at radius 1 is 1.15 bits per heavy atom. The minimum absolute atomic E-state index is 0.00380. The maximum Gasteiger partial charge on any atom is 0.259 e. The molecule has 34 heavy (non-hydrogen) atoms. The molecule has 2 fully saturated rings. The predicted octanol–water partition coefficient (Wildman–Crippen LogP) is 0.379. The van der Waals surface area contributed by atoms with Crippen LogP contribution in [0.15, 0.2) is 42.5 Å². The number of anilines is 3. The molecular formula is C23H25FN4O6. The van der Waals surface area contributed by atoms with Crippen molar-refractivity contribution < 1.29 is 33.4 Å². The maximum absolute atomic E-state index is 13.9. The zero-order valence-electron chi connectivity index (χ0n) is 18.3. The van der Waals surface area contributed by atoms with E-state index >= 15 is 0 Å². The molecule has 0 aromatic heterocycles. The normalized spacial score (nSPS) is 19.8. The van der Waals surface area contributed by atoms with E-state index in [1.165, 1.54) is 17.0 Å². The molecule has 2 heterocycles. The zero-order chi connectivity index (χ0) is 24.2. The molecule has 0 bridgehead atoms. The van der Waals surface area contributed by atoms with E-state index in [4.69, 9.17) is 15.2 Å². The van der Waals surface area contributed by atoms with Gasteiger partial charge in [-0.3, -0.25) is 14.4 Å². The Bertz CT molecular complexity index is 1100. The highest BCUT2D eigenvalue weighted by molar-refractivity contribution is 6.04. The summed E-state index contributed by atoms with van der Waals surface area (Å²) in [5, 5.41) is 12.9. The van der Waals surface area contributed by atoms with Crippen LogP contribution in [0.2, 0.25) is 0 Å². The standard InChI is InChI=1S/C23H25FN4O6/c24-18-10-15(5-4-14(18)12-25)26-22(31)20(30)21-23(32)28(7-9-34-21)17-3-1-2-16(11-17)27-6-8-33-13-19(27)29/h1-5,10-11,20-21,30H,6-9,12-13,25H2,(H,26,31)/t20-,21-/m1/s1. The molecule has 0 radical (unpaired) electrons. The van der Waals surface area contributed by atoms with Crippen LogP contribution in [0, 0.1) is 5.82 Å². The number of nitrogens with zero attached hydrogens (tertiary/aromatic N) is 2. The zero-order valence-corrected chi connectivity index (χ0v) is 18.3. The third-order valence-electron chi connectivity index (χ3n) is 5.66. The number of morpholine rings is 2. The Labute approximate surface area is 195 Å². The minimum Gasteiger partial charge on any atom is -0.380 e. The van der Waals surface area contributed by atoms with E-state index in [0.717, 1.165) is 6.07 Å². The van der Waals surface area contributed by atoms with Crippen molar-refractivity contribution >= 4 is 34.8 Å². The van der Waals surface area contributed by atoms with Crippen LogP contribution in [-0.4, -0.2) is 67.9 Å². The summed E-state index contributed by atoms with van der Waals surface area (Å²) in [6, 6.07) is 10.8. The number of amides is 3. The highest BCUT2D eigenvalue weighted by Gasteiger charge is 2.39. The van der Waals surface area contributed by atoms with Crippen molar-refractivity contribution in [3.05, 3.63) is 53.8 Å². The summed E-state index contributed by atoms with van der Waals surface area (Å²) in [6.45, 7) is 1.09. The number of nitrogens with one attached hydrogen (secondary N) is 1. The topological polar surface area (TPSA) is 134 Å². The molecule has 2 aliphatic rings. The average Bonchev–Trinajstić information content (AvgIpc) is 2.84. The lowest BCUT2D eigenvalue weighted by Crippen LogP contribution is -2.55. The van der Waals surface area contributed by atoms with Gasteiger partial charge < -0.3 is 35.4 Å². The first-order valence-electron chi connectivity index (χ1n) is 10.8. The molecule has 0 saturated carbocycles. The van der Waals surface area contributed by atoms with E-state index in [1.54, 1.807) is 29.2 Å². The van der Waals surface area contributed by atoms with Crippen LogP contribution in [-0.2, 0) is 30.4 Å². The van der Waals surface area contributed by atoms with Crippen molar-refractivity contribution in [2.75, 3.05) is 48.0 Å². The van der Waals surface area contributed by atoms with Crippen molar-refractivity contribution in [1.82, 2.24) is 0 Å². The third kappa shape index (κ3) is 4.92. The number of carbonyl (C=O) groups excluding carboxylic acids is 3. The van der Waals surface area contributed by atoms with E-state index < -0.39 is 29.8 Å². The fraction of sp³-hybridized carbons (Fsp3) is 0.348. The van der Waals surface area contributed by atoms with E-state index in [1.807, 2.05) is 0 Å². The Kier molecular flexibility index (Phi) is 7.17. The summed E-state index contributed by atoms with van der Waals surface area (Å²) in [5.74, 6) is -2.29. The molecule has 2 saturated heterocycles. The lowest BCUT2D eigenvalue weighted by molar-refractivity contribution is -0.150. The maximum atomic E-state index is 13.9. The molecule has 10 nitrogen and oxygen atoms in total. The van der Waals surface area contributed by atoms with Gasteiger partial charge in [-0.2, -0.15) is 0 Å². The molecule has 11 heteroatoms. The smallest absolute Gasteiger partial charge is 0.259 e. The fourth-order valence-electron chi connectivity index (χ4n) is 3.85. The fourth-order valence-corrected chi connectivity index (χ4v) is 3.85. The third-order valence-corrected chi connectivity index (χ3v) is 5.66. The number of benzene rings is 2. The number of carbonyl (C=O) groups is 3. The minimum atomic E-state index is -1.82. The van der Waals surface area contributed by atoms with E-state index in [2.05, 4.69) is 5.32 Å². The monoisotopic (exact) mass is 472 g/mol. The molecule has 2 aromatic rings. The average molecular weight is 472 g/mol. The van der Waals surface area contributed by atoms with Crippen molar-refractivity contribution in [2.45, 2.75) is 18.8 Å². The molecular weight excluding hydrogens is 447 g/mol. The van der Waals surface area contributed by atoms with Crippen LogP contribution in [0.4, 0.5) is 21.5 Å². The van der Waals surface area contributed by atoms with Gasteiger partial charge in [0.2, 0.25) is 0 Å². The Balaban J connectivity index is 1.47. The van der Waals surface area contributed by atoms with Crippen LogP contribution < -0.4 is 20.9 Å². The van der Waals surface area contributed by atoms with Crippen molar-refractivity contribution in [2.24, 2.45) is 5.73 Å². The van der Waals surface area contributed by atoms with Crippen LogP contribution in [0.1, 0.15) is 5.56 Å². The molecule has 3 amide bonds. The van der Waals surface area contributed by atoms with Gasteiger partial charge in [0, 0.05) is 42.3 Å². The molecule has 2 aliphatic heterocycles. The van der Waals surface area contributed by atoms with Crippen molar-refractivity contribution in [3.8, 4) is 0 Å². The van der Waals surface area contributed by atoms with Gasteiger partial charge in [-0.05, 0) is 30.3 Å². The quantitative estimate of drug-likeness (QED) is 0.553. The van der Waals surface area contributed by atoms with Crippen molar-refractivity contribution in [1.29, 1.82) is 0 Å². The van der Waals surface area contributed by atoms with Gasteiger partial charge in [0.15, 0.2) is 12.2 Å². The Hall–Kier alpha value is -3.38. The summed E-state index contributed by atoms with van der Waals surface area (Å²) >= 11 is 0. The second-order valence-corrected chi connectivity index (χ2v) is 7.84. The molecule has 180 valence electrons. The van der Waals surface area contributed by atoms with E-state index in [-0.39, 0.29) is 43.5 Å². The van der Waals surface area contributed by atoms with E-state index in [0.29, 0.717) is 24.5 Å². The lowest BCUT2D eigenvalue weighted by atomic mass is 10.1. The molecule has 2 aromatic carbocycles. The summed E-state index contributed by atoms with van der Waals surface area (Å²) in [5.41, 5.74) is 6.94. The Morgan fingerprint density at radius 2 is 1.88 bits per heavy atom. The van der Waals surface area contributed by atoms with Crippen LogP contribution in [0.3, 0.4) is 0 Å². The van der Waals surface area contributed by atoms with Gasteiger partial charge in [-0.1, -0.05) is 12.1 Å². The first-order chi connectivity index (χ1) is 16.4. The molecule has 4 N–H and O–H groups in total. The number of nitrogens with two attached hydrogens (primary N) is 1. The van der Waals surface area contributed by atoms with Gasteiger partial charge >= 0.3 is 0 Å². The number of halogens is 1. The molecule has 0 unspecified atom stereocenters. The van der Waals surface area contributed by atoms with Crippen LogP contribution >= 0.6 is 0 Å². The predicted molar refractivity (Wildman–Crippen MR) is 121 cm³/mol. The summed E-state index contributed by atoms with van der Waals surface area (Å²) in [7, 11) is 0. The number of aliphatic hydroxyl groups is 1. The van der Waals surface area contributed by atoms with Gasteiger partial charge in [0.1, 0.15) is 12.4 Å². The molecule has 4 rings (SSSR count). The van der Waals surface area contributed by atoms with Crippen molar-refractivity contribution in [3.63, 3.8) is 0 Å². The Morgan fingerprint density at radius 3 is 2.59 bits per heavy atom. The number of hydrogen-bond donors (Lipinski definition) is 3. The largest absolute Gasteiger partial charge is 0.380 e.